The maximum atomic E-state index is 13.2. The molecular weight excluding hydrogens is 565 g/mol. The van der Waals surface area contributed by atoms with E-state index in [-0.39, 0.29) is 49.6 Å². The number of aromatic hydroxyl groups is 1. The highest BCUT2D eigenvalue weighted by Crippen LogP contribution is 2.40. The second kappa shape index (κ2) is 11.6. The van der Waals surface area contributed by atoms with Gasteiger partial charge in [0.15, 0.2) is 5.75 Å². The summed E-state index contributed by atoms with van der Waals surface area (Å²) in [5.41, 5.74) is 0.404. The highest BCUT2D eigenvalue weighted by Gasteiger charge is 2.21. The van der Waals surface area contributed by atoms with Crippen molar-refractivity contribution in [3.05, 3.63) is 81.8 Å². The minimum Gasteiger partial charge on any atom is -0.505 e. The Morgan fingerprint density at radius 1 is 1.00 bits per heavy atom. The van der Waals surface area contributed by atoms with Gasteiger partial charge in [-0.3, -0.25) is 9.35 Å². The molecule has 0 bridgehead atoms. The Hall–Kier alpha value is -3.70. The first-order chi connectivity index (χ1) is 18.5. The number of hydrogen-bond acceptors (Lipinski definition) is 7. The summed E-state index contributed by atoms with van der Waals surface area (Å²) in [6, 6.07) is 15.7. The van der Waals surface area contributed by atoms with Crippen molar-refractivity contribution in [2.75, 3.05) is 11.9 Å². The molecule has 0 fully saturated rings. The fourth-order valence-electron chi connectivity index (χ4n) is 3.97. The van der Waals surface area contributed by atoms with Gasteiger partial charge in [0.1, 0.15) is 16.3 Å². The SMILES string of the molecule is CCOc1ccc(Cl)c(NC(=O)c2cc3ccccc3c(N=Nc3cc(Cl)c(CC)c(S(=O)(=O)O)c3)c2O)c1. The molecule has 0 saturated heterocycles. The number of phenolic OH excluding ortho intramolecular Hbond substituents is 1. The van der Waals surface area contributed by atoms with Gasteiger partial charge in [0.2, 0.25) is 0 Å². The number of phenols is 1. The number of rotatable bonds is 8. The molecule has 0 heterocycles. The zero-order valence-electron chi connectivity index (χ0n) is 20.8. The van der Waals surface area contributed by atoms with Crippen LogP contribution in [0.3, 0.4) is 0 Å². The monoisotopic (exact) mass is 587 g/mol. The van der Waals surface area contributed by atoms with E-state index >= 15 is 0 Å². The molecule has 202 valence electrons. The Labute approximate surface area is 234 Å². The van der Waals surface area contributed by atoms with Crippen LogP contribution in [0, 0.1) is 0 Å². The second-order valence-corrected chi connectivity index (χ2v) is 10.5. The van der Waals surface area contributed by atoms with Gasteiger partial charge in [-0.15, -0.1) is 5.11 Å². The molecule has 4 rings (SSSR count). The first-order valence-corrected chi connectivity index (χ1v) is 13.9. The van der Waals surface area contributed by atoms with E-state index in [4.69, 9.17) is 27.9 Å². The van der Waals surface area contributed by atoms with Crippen LogP contribution in [-0.4, -0.2) is 30.6 Å². The van der Waals surface area contributed by atoms with E-state index in [1.807, 2.05) is 6.92 Å². The van der Waals surface area contributed by atoms with E-state index in [1.54, 1.807) is 49.4 Å². The normalized spacial score (nSPS) is 11.7. The standard InChI is InChI=1S/C27H23Cl2N3O6S/c1-3-18-22(29)12-16(13-24(18)39(35,36)37)31-32-25-19-8-6-5-7-15(19)11-20(26(25)33)27(34)30-23-14-17(38-4-2)9-10-21(23)28/h5-14,33H,3-4H2,1-2H3,(H,30,34)(H,35,36,37). The summed E-state index contributed by atoms with van der Waals surface area (Å²) in [5.74, 6) is -0.612. The molecule has 39 heavy (non-hydrogen) atoms. The van der Waals surface area contributed by atoms with Gasteiger partial charge in [0.25, 0.3) is 16.0 Å². The molecule has 0 atom stereocenters. The molecule has 0 aliphatic carbocycles. The van der Waals surface area contributed by atoms with E-state index in [0.29, 0.717) is 23.1 Å². The summed E-state index contributed by atoms with van der Waals surface area (Å²) < 4.78 is 38.9. The predicted molar refractivity (Wildman–Crippen MR) is 151 cm³/mol. The van der Waals surface area contributed by atoms with Crippen molar-refractivity contribution < 1.29 is 27.6 Å². The molecule has 0 unspecified atom stereocenters. The molecule has 0 aliphatic heterocycles. The van der Waals surface area contributed by atoms with E-state index in [0.717, 1.165) is 6.07 Å². The highest BCUT2D eigenvalue weighted by atomic mass is 35.5. The number of nitrogens with zero attached hydrogens (tertiary/aromatic N) is 2. The number of fused-ring (bicyclic) bond motifs is 1. The van der Waals surface area contributed by atoms with Crippen molar-refractivity contribution in [3.63, 3.8) is 0 Å². The van der Waals surface area contributed by atoms with Gasteiger partial charge in [-0.05, 0) is 54.6 Å². The minimum atomic E-state index is -4.58. The first-order valence-electron chi connectivity index (χ1n) is 11.7. The van der Waals surface area contributed by atoms with Crippen LogP contribution in [0.25, 0.3) is 10.8 Å². The number of carbonyl (C=O) groups is 1. The van der Waals surface area contributed by atoms with E-state index in [9.17, 15) is 22.9 Å². The van der Waals surface area contributed by atoms with Crippen molar-refractivity contribution in [1.29, 1.82) is 0 Å². The van der Waals surface area contributed by atoms with Gasteiger partial charge in [0, 0.05) is 16.5 Å². The molecule has 0 aromatic heterocycles. The summed E-state index contributed by atoms with van der Waals surface area (Å²) in [4.78, 5) is 12.9. The number of anilines is 1. The summed E-state index contributed by atoms with van der Waals surface area (Å²) in [5, 5.41) is 23.4. The molecule has 0 aliphatic rings. The van der Waals surface area contributed by atoms with Crippen molar-refractivity contribution in [2.45, 2.75) is 25.2 Å². The largest absolute Gasteiger partial charge is 0.505 e. The quantitative estimate of drug-likeness (QED) is 0.142. The molecular formula is C27H23Cl2N3O6S. The van der Waals surface area contributed by atoms with Crippen molar-refractivity contribution in [3.8, 4) is 11.5 Å². The summed E-state index contributed by atoms with van der Waals surface area (Å²) in [7, 11) is -4.58. The van der Waals surface area contributed by atoms with Crippen LogP contribution in [0.1, 0.15) is 29.8 Å². The number of benzene rings is 4. The third-order valence-electron chi connectivity index (χ3n) is 5.77. The van der Waals surface area contributed by atoms with Gasteiger partial charge in [0.05, 0.1) is 28.6 Å². The van der Waals surface area contributed by atoms with Crippen LogP contribution in [0.5, 0.6) is 11.5 Å². The molecule has 1 amide bonds. The molecule has 0 radical (unpaired) electrons. The van der Waals surface area contributed by atoms with Gasteiger partial charge in [-0.1, -0.05) is 54.4 Å². The lowest BCUT2D eigenvalue weighted by Gasteiger charge is -2.13. The Morgan fingerprint density at radius 2 is 1.74 bits per heavy atom. The lowest BCUT2D eigenvalue weighted by Crippen LogP contribution is -2.12. The Kier molecular flexibility index (Phi) is 8.41. The van der Waals surface area contributed by atoms with Crippen molar-refractivity contribution in [2.24, 2.45) is 10.2 Å². The maximum absolute atomic E-state index is 13.2. The number of nitrogens with one attached hydrogen (secondary N) is 1. The molecule has 12 heteroatoms. The Morgan fingerprint density at radius 3 is 2.44 bits per heavy atom. The molecule has 0 saturated carbocycles. The van der Waals surface area contributed by atoms with E-state index in [2.05, 4.69) is 15.5 Å². The average Bonchev–Trinajstić information content (AvgIpc) is 2.89. The Bertz CT molecular complexity index is 1720. The smallest absolute Gasteiger partial charge is 0.294 e. The number of hydrogen-bond donors (Lipinski definition) is 3. The molecule has 0 spiro atoms. The topological polar surface area (TPSA) is 138 Å². The third-order valence-corrected chi connectivity index (χ3v) is 7.36. The van der Waals surface area contributed by atoms with Gasteiger partial charge in [-0.2, -0.15) is 13.5 Å². The second-order valence-electron chi connectivity index (χ2n) is 8.30. The number of ether oxygens (including phenoxy) is 1. The molecule has 4 aromatic carbocycles. The van der Waals surface area contributed by atoms with E-state index < -0.39 is 21.8 Å². The van der Waals surface area contributed by atoms with Crippen LogP contribution in [0.2, 0.25) is 10.0 Å². The van der Waals surface area contributed by atoms with Crippen LogP contribution in [0.4, 0.5) is 17.1 Å². The molecule has 9 nitrogen and oxygen atoms in total. The highest BCUT2D eigenvalue weighted by molar-refractivity contribution is 7.85. The van der Waals surface area contributed by atoms with E-state index in [1.165, 1.54) is 12.1 Å². The number of azo groups is 1. The van der Waals surface area contributed by atoms with Gasteiger partial charge >= 0.3 is 0 Å². The third kappa shape index (κ3) is 6.15. The van der Waals surface area contributed by atoms with Crippen LogP contribution in [0.15, 0.2) is 75.8 Å². The number of amides is 1. The number of halogens is 2. The van der Waals surface area contributed by atoms with Crippen molar-refractivity contribution >= 4 is 67.1 Å². The fourth-order valence-corrected chi connectivity index (χ4v) is 5.38. The van der Waals surface area contributed by atoms with Crippen LogP contribution >= 0.6 is 23.2 Å². The van der Waals surface area contributed by atoms with Crippen molar-refractivity contribution in [1.82, 2.24) is 0 Å². The van der Waals surface area contributed by atoms with Gasteiger partial charge in [-0.25, -0.2) is 0 Å². The van der Waals surface area contributed by atoms with Crippen LogP contribution in [-0.2, 0) is 16.5 Å². The first kappa shape index (κ1) is 28.3. The summed E-state index contributed by atoms with van der Waals surface area (Å²) >= 11 is 12.5. The minimum absolute atomic E-state index is 0.0164. The summed E-state index contributed by atoms with van der Waals surface area (Å²) in [6.45, 7) is 3.94. The molecule has 4 aromatic rings. The summed E-state index contributed by atoms with van der Waals surface area (Å²) in [6.07, 6.45) is 0.255. The zero-order chi connectivity index (χ0) is 28.3. The van der Waals surface area contributed by atoms with Gasteiger partial charge < -0.3 is 15.2 Å². The zero-order valence-corrected chi connectivity index (χ0v) is 23.1. The Balaban J connectivity index is 1.79. The molecule has 3 N–H and O–H groups in total. The number of carbonyl (C=O) groups excluding carboxylic acids is 1. The lowest BCUT2D eigenvalue weighted by atomic mass is 10.0. The lowest BCUT2D eigenvalue weighted by molar-refractivity contribution is 0.102. The maximum Gasteiger partial charge on any atom is 0.294 e. The predicted octanol–water partition coefficient (Wildman–Crippen LogP) is 7.73. The van der Waals surface area contributed by atoms with Crippen LogP contribution < -0.4 is 10.1 Å². The fraction of sp³-hybridized carbons (Fsp3) is 0.148. The average molecular weight is 588 g/mol.